The van der Waals surface area contributed by atoms with Crippen LogP contribution in [0.25, 0.3) is 0 Å². The number of benzene rings is 2. The fourth-order valence-corrected chi connectivity index (χ4v) is 7.05. The van der Waals surface area contributed by atoms with Crippen molar-refractivity contribution in [3.8, 4) is 0 Å². The molecule has 2 aromatic rings. The maximum atomic E-state index is 13.1. The zero-order valence-corrected chi connectivity index (χ0v) is 20.3. The highest BCUT2D eigenvalue weighted by molar-refractivity contribution is 7.99. The fraction of sp³-hybridized carbons (Fsp3) is 0.435. The van der Waals surface area contributed by atoms with Gasteiger partial charge in [-0.25, -0.2) is 8.42 Å². The van der Waals surface area contributed by atoms with E-state index < -0.39 is 10.0 Å². The standard InChI is InChI=1S/C23H28ClN3O3S2/c24-21-8-7-19(16-22(21)32(29,30)27-9-2-1-3-10-27)23(28)25-20-6-4-5-18(15-20)17-26-11-13-31-14-12-26/h4-8,15-16H,1-3,9-14,17H2,(H,25,28). The minimum absolute atomic E-state index is 0.00886. The lowest BCUT2D eigenvalue weighted by Crippen LogP contribution is -2.35. The van der Waals surface area contributed by atoms with E-state index in [9.17, 15) is 13.2 Å². The number of anilines is 1. The topological polar surface area (TPSA) is 69.7 Å². The van der Waals surface area contributed by atoms with Gasteiger partial charge in [0.05, 0.1) is 5.02 Å². The van der Waals surface area contributed by atoms with Crippen molar-refractivity contribution in [3.05, 3.63) is 58.6 Å². The van der Waals surface area contributed by atoms with Crippen LogP contribution in [-0.2, 0) is 16.6 Å². The van der Waals surface area contributed by atoms with Gasteiger partial charge in [-0.2, -0.15) is 16.1 Å². The summed E-state index contributed by atoms with van der Waals surface area (Å²) < 4.78 is 27.6. The van der Waals surface area contributed by atoms with Crippen molar-refractivity contribution in [2.24, 2.45) is 0 Å². The summed E-state index contributed by atoms with van der Waals surface area (Å²) in [5.74, 6) is 1.94. The molecule has 172 valence electrons. The molecule has 2 aliphatic heterocycles. The Morgan fingerprint density at radius 1 is 1.00 bits per heavy atom. The lowest BCUT2D eigenvalue weighted by molar-refractivity contribution is 0.102. The second-order valence-electron chi connectivity index (χ2n) is 8.15. The average Bonchev–Trinajstić information content (AvgIpc) is 2.80. The third kappa shape index (κ3) is 5.66. The maximum Gasteiger partial charge on any atom is 0.255 e. The zero-order chi connectivity index (χ0) is 22.6. The molecule has 1 N–H and O–H groups in total. The van der Waals surface area contributed by atoms with Gasteiger partial charge in [-0.15, -0.1) is 0 Å². The number of amides is 1. The van der Waals surface area contributed by atoms with Gasteiger partial charge in [0.2, 0.25) is 10.0 Å². The third-order valence-electron chi connectivity index (χ3n) is 5.82. The van der Waals surface area contributed by atoms with Crippen LogP contribution in [0.3, 0.4) is 0 Å². The molecule has 9 heteroatoms. The molecule has 0 aliphatic carbocycles. The molecule has 0 aromatic heterocycles. The van der Waals surface area contributed by atoms with Gasteiger partial charge in [-0.1, -0.05) is 30.2 Å². The number of sulfonamides is 1. The van der Waals surface area contributed by atoms with Crippen molar-refractivity contribution >= 4 is 45.0 Å². The lowest BCUT2D eigenvalue weighted by atomic mass is 10.1. The second-order valence-corrected chi connectivity index (χ2v) is 11.7. The van der Waals surface area contributed by atoms with Crippen LogP contribution in [0.15, 0.2) is 47.4 Å². The number of thioether (sulfide) groups is 1. The summed E-state index contributed by atoms with van der Waals surface area (Å²) >= 11 is 8.21. The molecule has 0 saturated carbocycles. The minimum Gasteiger partial charge on any atom is -0.322 e. The van der Waals surface area contributed by atoms with Crippen LogP contribution in [0.2, 0.25) is 5.02 Å². The number of carbonyl (C=O) groups excluding carboxylic acids is 1. The summed E-state index contributed by atoms with van der Waals surface area (Å²) in [5, 5.41) is 3.03. The van der Waals surface area contributed by atoms with Crippen molar-refractivity contribution < 1.29 is 13.2 Å². The van der Waals surface area contributed by atoms with Gasteiger partial charge in [0.15, 0.2) is 0 Å². The Hall–Kier alpha value is -1.58. The lowest BCUT2D eigenvalue weighted by Gasteiger charge is -2.26. The number of carbonyl (C=O) groups is 1. The molecular weight excluding hydrogens is 466 g/mol. The van der Waals surface area contributed by atoms with Crippen LogP contribution in [0.4, 0.5) is 5.69 Å². The molecular formula is C23H28ClN3O3S2. The molecule has 2 fully saturated rings. The van der Waals surface area contributed by atoms with Crippen molar-refractivity contribution in [3.63, 3.8) is 0 Å². The summed E-state index contributed by atoms with van der Waals surface area (Å²) in [5.41, 5.74) is 2.09. The molecule has 1 amide bonds. The van der Waals surface area contributed by atoms with E-state index in [-0.39, 0.29) is 21.4 Å². The first kappa shape index (κ1) is 23.6. The number of hydrogen-bond acceptors (Lipinski definition) is 5. The van der Waals surface area contributed by atoms with Crippen LogP contribution < -0.4 is 5.32 Å². The molecule has 4 rings (SSSR count). The van der Waals surface area contributed by atoms with E-state index in [4.69, 9.17) is 11.6 Å². The van der Waals surface area contributed by atoms with Gasteiger partial charge in [-0.3, -0.25) is 9.69 Å². The van der Waals surface area contributed by atoms with Gasteiger partial charge in [0.1, 0.15) is 4.90 Å². The van der Waals surface area contributed by atoms with Gasteiger partial charge < -0.3 is 5.32 Å². The van der Waals surface area contributed by atoms with Gasteiger partial charge >= 0.3 is 0 Å². The molecule has 2 aromatic carbocycles. The SMILES string of the molecule is O=C(Nc1cccc(CN2CCSCC2)c1)c1ccc(Cl)c(S(=O)(=O)N2CCCCC2)c1. The van der Waals surface area contributed by atoms with Crippen LogP contribution in [0.1, 0.15) is 35.2 Å². The van der Waals surface area contributed by atoms with Gasteiger partial charge in [0, 0.05) is 55.5 Å². The second kappa shape index (κ2) is 10.6. The highest BCUT2D eigenvalue weighted by atomic mass is 35.5. The van der Waals surface area contributed by atoms with E-state index >= 15 is 0 Å². The van der Waals surface area contributed by atoms with E-state index in [0.29, 0.717) is 18.8 Å². The third-order valence-corrected chi connectivity index (χ3v) is 9.14. The van der Waals surface area contributed by atoms with Gasteiger partial charge in [0.25, 0.3) is 5.91 Å². The summed E-state index contributed by atoms with van der Waals surface area (Å²) in [4.78, 5) is 15.3. The Morgan fingerprint density at radius 2 is 1.75 bits per heavy atom. The summed E-state index contributed by atoms with van der Waals surface area (Å²) in [7, 11) is -3.73. The molecule has 0 unspecified atom stereocenters. The number of hydrogen-bond donors (Lipinski definition) is 1. The zero-order valence-electron chi connectivity index (χ0n) is 17.9. The Bertz CT molecular complexity index is 1070. The van der Waals surface area contributed by atoms with Crippen LogP contribution in [0.5, 0.6) is 0 Å². The smallest absolute Gasteiger partial charge is 0.255 e. The number of halogens is 1. The van der Waals surface area contributed by atoms with E-state index in [0.717, 1.165) is 56.0 Å². The Kier molecular flexibility index (Phi) is 7.78. The molecule has 6 nitrogen and oxygen atoms in total. The summed E-state index contributed by atoms with van der Waals surface area (Å²) in [6.45, 7) is 3.96. The minimum atomic E-state index is -3.73. The van der Waals surface area contributed by atoms with Crippen molar-refractivity contribution in [2.45, 2.75) is 30.7 Å². The van der Waals surface area contributed by atoms with Crippen molar-refractivity contribution in [1.82, 2.24) is 9.21 Å². The van der Waals surface area contributed by atoms with Crippen molar-refractivity contribution in [2.75, 3.05) is 43.0 Å². The first-order valence-corrected chi connectivity index (χ1v) is 13.9. The predicted octanol–water partition coefficient (Wildman–Crippen LogP) is 4.32. The number of rotatable bonds is 6. The molecule has 0 bridgehead atoms. The van der Waals surface area contributed by atoms with Crippen LogP contribution >= 0.6 is 23.4 Å². The van der Waals surface area contributed by atoms with Crippen molar-refractivity contribution in [1.29, 1.82) is 0 Å². The predicted molar refractivity (Wildman–Crippen MR) is 131 cm³/mol. The normalized spacial score (nSPS) is 18.4. The molecule has 0 radical (unpaired) electrons. The number of nitrogens with zero attached hydrogens (tertiary/aromatic N) is 2. The molecule has 2 saturated heterocycles. The Balaban J connectivity index is 1.49. The quantitative estimate of drug-likeness (QED) is 0.649. The Labute approximate surface area is 199 Å². The highest BCUT2D eigenvalue weighted by Crippen LogP contribution is 2.28. The first-order valence-electron chi connectivity index (χ1n) is 10.9. The fourth-order valence-electron chi connectivity index (χ4n) is 4.05. The van der Waals surface area contributed by atoms with Crippen LogP contribution in [-0.4, -0.2) is 61.2 Å². The van der Waals surface area contributed by atoms with E-state index in [1.807, 2.05) is 30.0 Å². The van der Waals surface area contributed by atoms with Crippen LogP contribution in [0, 0.1) is 0 Å². The molecule has 0 spiro atoms. The Morgan fingerprint density at radius 3 is 2.50 bits per heavy atom. The molecule has 32 heavy (non-hydrogen) atoms. The first-order chi connectivity index (χ1) is 15.4. The maximum absolute atomic E-state index is 13.1. The molecule has 2 aliphatic rings. The van der Waals surface area contributed by atoms with E-state index in [2.05, 4.69) is 16.3 Å². The molecule has 0 atom stereocenters. The number of nitrogens with one attached hydrogen (secondary N) is 1. The average molecular weight is 494 g/mol. The number of piperidine rings is 1. The highest BCUT2D eigenvalue weighted by Gasteiger charge is 2.28. The van der Waals surface area contributed by atoms with E-state index in [1.165, 1.54) is 16.4 Å². The summed E-state index contributed by atoms with van der Waals surface area (Å²) in [6, 6.07) is 12.2. The molecule has 2 heterocycles. The summed E-state index contributed by atoms with van der Waals surface area (Å²) in [6.07, 6.45) is 2.70. The largest absolute Gasteiger partial charge is 0.322 e. The monoisotopic (exact) mass is 493 g/mol. The van der Waals surface area contributed by atoms with E-state index in [1.54, 1.807) is 6.07 Å². The van der Waals surface area contributed by atoms with Gasteiger partial charge in [-0.05, 0) is 48.7 Å².